The smallest absolute Gasteiger partial charge is 0.217 e. The van der Waals surface area contributed by atoms with Gasteiger partial charge in [-0.25, -0.2) is 0 Å². The van der Waals surface area contributed by atoms with E-state index >= 15 is 0 Å². The molecule has 0 aliphatic rings. The van der Waals surface area contributed by atoms with Gasteiger partial charge < -0.3 is 21.7 Å². The van der Waals surface area contributed by atoms with Gasteiger partial charge in [-0.15, -0.1) is 0 Å². The second-order valence-corrected chi connectivity index (χ2v) is 13.5. The number of phenols is 2. The predicted molar refractivity (Wildman–Crippen MR) is 164 cm³/mol. The molecule has 6 nitrogen and oxygen atoms in total. The van der Waals surface area contributed by atoms with Crippen molar-refractivity contribution in [2.75, 3.05) is 0 Å². The fraction of sp³-hybridized carbons (Fsp3) is 0.588. The van der Waals surface area contributed by atoms with Gasteiger partial charge in [-0.1, -0.05) is 66.5 Å². The number of aryl methyl sites for hydroxylation is 4. The highest BCUT2D eigenvalue weighted by Crippen LogP contribution is 2.40. The Morgan fingerprint density at radius 2 is 0.950 bits per heavy atom. The first kappa shape index (κ1) is 33.2. The van der Waals surface area contributed by atoms with Crippen LogP contribution in [0.5, 0.6) is 11.5 Å². The van der Waals surface area contributed by atoms with Crippen LogP contribution in [-0.4, -0.2) is 22.0 Å². The second-order valence-electron chi connectivity index (χ2n) is 13.5. The lowest BCUT2D eigenvalue weighted by Crippen LogP contribution is -2.18. The zero-order valence-electron chi connectivity index (χ0n) is 26.1. The molecule has 0 heterocycles. The summed E-state index contributed by atoms with van der Waals surface area (Å²) in [5.41, 5.74) is 18.5. The third kappa shape index (κ3) is 8.74. The van der Waals surface area contributed by atoms with E-state index < -0.39 is 0 Å². The van der Waals surface area contributed by atoms with E-state index in [-0.39, 0.29) is 22.6 Å². The molecular formula is C34H52N2O4. The average Bonchev–Trinajstić information content (AvgIpc) is 2.81. The van der Waals surface area contributed by atoms with Crippen molar-refractivity contribution in [3.05, 3.63) is 56.6 Å². The van der Waals surface area contributed by atoms with E-state index in [1.165, 1.54) is 0 Å². The van der Waals surface area contributed by atoms with Crippen LogP contribution in [0, 0.1) is 13.8 Å². The molecule has 222 valence electrons. The van der Waals surface area contributed by atoms with Crippen molar-refractivity contribution < 1.29 is 19.8 Å². The Morgan fingerprint density at radius 3 is 1.23 bits per heavy atom. The Kier molecular flexibility index (Phi) is 11.3. The van der Waals surface area contributed by atoms with E-state index in [0.29, 0.717) is 37.2 Å². The highest BCUT2D eigenvalue weighted by molar-refractivity contribution is 5.74. The van der Waals surface area contributed by atoms with Gasteiger partial charge in [-0.05, 0) is 96.6 Å². The molecular weight excluding hydrogens is 500 g/mol. The molecule has 6 heteroatoms. The number of amides is 2. The number of unbranched alkanes of at least 4 members (excludes halogenated alkanes) is 3. The van der Waals surface area contributed by atoms with E-state index in [0.717, 1.165) is 83.0 Å². The summed E-state index contributed by atoms with van der Waals surface area (Å²) in [5.74, 6) is 0.0623. The van der Waals surface area contributed by atoms with Gasteiger partial charge in [-0.2, -0.15) is 0 Å². The maximum atomic E-state index is 11.5. The molecule has 2 aromatic rings. The molecule has 0 bridgehead atoms. The summed E-state index contributed by atoms with van der Waals surface area (Å²) in [6.45, 7) is 16.5. The number of benzene rings is 2. The topological polar surface area (TPSA) is 127 Å². The molecule has 0 aliphatic carbocycles. The fourth-order valence-electron chi connectivity index (χ4n) is 5.94. The first-order chi connectivity index (χ1) is 18.4. The van der Waals surface area contributed by atoms with Crippen molar-refractivity contribution in [3.63, 3.8) is 0 Å². The molecule has 0 radical (unpaired) electrons. The van der Waals surface area contributed by atoms with Gasteiger partial charge in [0.1, 0.15) is 11.5 Å². The Balaban J connectivity index is 2.21. The molecule has 6 N–H and O–H groups in total. The number of carbonyl (C=O) groups excluding carboxylic acids is 2. The van der Waals surface area contributed by atoms with Gasteiger partial charge in [-0.3, -0.25) is 9.59 Å². The molecule has 0 atom stereocenters. The number of primary amides is 2. The van der Waals surface area contributed by atoms with Crippen LogP contribution in [0.4, 0.5) is 0 Å². The molecule has 0 aromatic heterocycles. The van der Waals surface area contributed by atoms with E-state index in [1.54, 1.807) is 0 Å². The van der Waals surface area contributed by atoms with Crippen LogP contribution in [0.2, 0.25) is 0 Å². The van der Waals surface area contributed by atoms with Crippen molar-refractivity contribution in [1.82, 2.24) is 0 Å². The van der Waals surface area contributed by atoms with Crippen molar-refractivity contribution >= 4 is 11.8 Å². The molecule has 2 amide bonds. The summed E-state index contributed by atoms with van der Waals surface area (Å²) >= 11 is 0. The van der Waals surface area contributed by atoms with Crippen molar-refractivity contribution in [3.8, 4) is 11.5 Å². The van der Waals surface area contributed by atoms with Crippen LogP contribution in [0.1, 0.15) is 125 Å². The number of rotatable bonds is 13. The first-order valence-corrected chi connectivity index (χ1v) is 14.7. The highest BCUT2D eigenvalue weighted by Gasteiger charge is 2.27. The maximum absolute atomic E-state index is 11.5. The minimum absolute atomic E-state index is 0.231. The van der Waals surface area contributed by atoms with Gasteiger partial charge in [0.15, 0.2) is 0 Å². The van der Waals surface area contributed by atoms with E-state index in [9.17, 15) is 19.8 Å². The third-order valence-electron chi connectivity index (χ3n) is 7.77. The molecule has 0 saturated carbocycles. The minimum Gasteiger partial charge on any atom is -0.507 e. The normalized spacial score (nSPS) is 12.1. The quantitative estimate of drug-likeness (QED) is 0.212. The lowest BCUT2D eigenvalue weighted by molar-refractivity contribution is -0.118. The van der Waals surface area contributed by atoms with Crippen LogP contribution < -0.4 is 11.5 Å². The molecule has 2 aromatic carbocycles. The molecule has 0 spiro atoms. The zero-order chi connectivity index (χ0) is 30.4. The number of nitrogens with two attached hydrogens (primary N) is 2. The number of hydrogen-bond acceptors (Lipinski definition) is 4. The van der Waals surface area contributed by atoms with E-state index in [1.807, 2.05) is 26.0 Å². The van der Waals surface area contributed by atoms with Crippen molar-refractivity contribution in [2.24, 2.45) is 11.5 Å². The second kappa shape index (κ2) is 13.6. The Morgan fingerprint density at radius 1 is 0.625 bits per heavy atom. The van der Waals surface area contributed by atoms with Crippen molar-refractivity contribution in [1.29, 1.82) is 0 Å². The maximum Gasteiger partial charge on any atom is 0.217 e. The summed E-state index contributed by atoms with van der Waals surface area (Å²) in [5, 5.41) is 22.0. The number of aromatic hydroxyl groups is 2. The summed E-state index contributed by atoms with van der Waals surface area (Å²) in [4.78, 5) is 23.0. The molecule has 0 aliphatic heterocycles. The SMILES string of the molecule is Cc1cc(CCC(N)=O)c(CCCCCCc2c(CCC(N)=O)cc(C)c(O)c2C(C)(C)C)c(C(C)(C)C)c1O. The fourth-order valence-corrected chi connectivity index (χ4v) is 5.94. The highest BCUT2D eigenvalue weighted by atomic mass is 16.3. The number of hydrogen-bond donors (Lipinski definition) is 4. The Labute approximate surface area is 241 Å². The van der Waals surface area contributed by atoms with Crippen LogP contribution in [0.3, 0.4) is 0 Å². The van der Waals surface area contributed by atoms with E-state index in [4.69, 9.17) is 11.5 Å². The Hall–Kier alpha value is -3.02. The van der Waals surface area contributed by atoms with Gasteiger partial charge in [0, 0.05) is 24.0 Å². The summed E-state index contributed by atoms with van der Waals surface area (Å²) < 4.78 is 0. The van der Waals surface area contributed by atoms with Crippen molar-refractivity contribution in [2.45, 2.75) is 130 Å². The van der Waals surface area contributed by atoms with Crippen LogP contribution in [0.25, 0.3) is 0 Å². The molecule has 2 rings (SSSR count). The summed E-state index contributed by atoms with van der Waals surface area (Å²) in [6, 6.07) is 4.02. The molecule has 40 heavy (non-hydrogen) atoms. The standard InChI is InChI=1S/C34H52N2O4/c1-21-19-23(15-17-27(35)37)25(29(31(21)39)33(3,4)5)13-11-9-10-12-14-26-24(16-18-28(36)38)20-22(2)32(40)30(26)34(6,7)8/h19-20,39-40H,9-18H2,1-8H3,(H2,35,37)(H2,36,38). The molecule has 0 saturated heterocycles. The van der Waals surface area contributed by atoms with Gasteiger partial charge in [0.2, 0.25) is 11.8 Å². The van der Waals surface area contributed by atoms with Gasteiger partial charge >= 0.3 is 0 Å². The van der Waals surface area contributed by atoms with Gasteiger partial charge in [0.25, 0.3) is 0 Å². The minimum atomic E-state index is -0.319. The summed E-state index contributed by atoms with van der Waals surface area (Å²) in [7, 11) is 0. The Bertz CT molecular complexity index is 1120. The summed E-state index contributed by atoms with van der Waals surface area (Å²) in [6.07, 6.45) is 7.37. The van der Waals surface area contributed by atoms with Gasteiger partial charge in [0.05, 0.1) is 0 Å². The molecule has 0 fully saturated rings. The lowest BCUT2D eigenvalue weighted by atomic mass is 9.77. The first-order valence-electron chi connectivity index (χ1n) is 14.7. The van der Waals surface area contributed by atoms with Crippen LogP contribution in [0.15, 0.2) is 12.1 Å². The number of phenolic OH excluding ortho intramolecular Hbond substituents is 2. The average molecular weight is 553 g/mol. The monoisotopic (exact) mass is 552 g/mol. The third-order valence-corrected chi connectivity index (χ3v) is 7.77. The zero-order valence-corrected chi connectivity index (χ0v) is 26.1. The lowest BCUT2D eigenvalue weighted by Gasteiger charge is -2.28. The van der Waals surface area contributed by atoms with Crippen LogP contribution >= 0.6 is 0 Å². The molecule has 0 unspecified atom stereocenters. The number of carbonyl (C=O) groups is 2. The largest absolute Gasteiger partial charge is 0.507 e. The van der Waals surface area contributed by atoms with Crippen LogP contribution in [-0.2, 0) is 46.1 Å². The van der Waals surface area contributed by atoms with E-state index in [2.05, 4.69) is 41.5 Å². The predicted octanol–water partition coefficient (Wildman–Crippen LogP) is 6.49.